The van der Waals surface area contributed by atoms with Crippen LogP contribution in [0, 0.1) is 5.92 Å². The first kappa shape index (κ1) is 21.2. The van der Waals surface area contributed by atoms with Gasteiger partial charge in [-0.3, -0.25) is 9.89 Å². The fraction of sp³-hybridized carbons (Fsp3) is 0.947. The summed E-state index contributed by atoms with van der Waals surface area (Å²) in [4.78, 5) is 9.69. The standard InChI is InChI=1S/C19H37N5.HI/c1-4-23-11-8-16(9-12-23)7-10-21-19(20-3)22-17-13-15(2)24(14-17)18-5-6-18;/h15-18H,4-14H2,1-3H3,(H2,20,21,22);1H. The molecule has 1 saturated carbocycles. The van der Waals surface area contributed by atoms with Crippen LogP contribution in [0.2, 0.25) is 0 Å². The molecule has 6 heteroatoms. The number of aliphatic imine (C=N–C) groups is 1. The van der Waals surface area contributed by atoms with Crippen molar-refractivity contribution < 1.29 is 0 Å². The molecule has 2 atom stereocenters. The zero-order valence-corrected chi connectivity index (χ0v) is 18.7. The number of guanidine groups is 1. The minimum atomic E-state index is 0. The van der Waals surface area contributed by atoms with Crippen molar-refractivity contribution in [3.8, 4) is 0 Å². The van der Waals surface area contributed by atoms with Crippen LogP contribution in [0.15, 0.2) is 4.99 Å². The van der Waals surface area contributed by atoms with Gasteiger partial charge in [-0.25, -0.2) is 0 Å². The van der Waals surface area contributed by atoms with E-state index < -0.39 is 0 Å². The van der Waals surface area contributed by atoms with Crippen molar-refractivity contribution in [2.24, 2.45) is 10.9 Å². The van der Waals surface area contributed by atoms with Crippen LogP contribution in [0.5, 0.6) is 0 Å². The Balaban J connectivity index is 0.00000225. The van der Waals surface area contributed by atoms with Crippen molar-refractivity contribution in [3.05, 3.63) is 0 Å². The summed E-state index contributed by atoms with van der Waals surface area (Å²) >= 11 is 0. The number of hydrogen-bond acceptors (Lipinski definition) is 3. The summed E-state index contributed by atoms with van der Waals surface area (Å²) in [5.74, 6) is 1.88. The molecule has 2 heterocycles. The molecule has 0 bridgehead atoms. The predicted molar refractivity (Wildman–Crippen MR) is 117 cm³/mol. The Kier molecular flexibility index (Phi) is 8.75. The van der Waals surface area contributed by atoms with Crippen molar-refractivity contribution in [1.82, 2.24) is 20.4 Å². The second-order valence-corrected chi connectivity index (χ2v) is 8.02. The number of piperidine rings is 1. The minimum absolute atomic E-state index is 0. The maximum absolute atomic E-state index is 4.44. The van der Waals surface area contributed by atoms with Crippen LogP contribution >= 0.6 is 24.0 Å². The monoisotopic (exact) mass is 463 g/mol. The SMILES string of the molecule is CCN1CCC(CCNC(=NC)NC2CC(C)N(C3CC3)C2)CC1.I. The van der Waals surface area contributed by atoms with Gasteiger partial charge >= 0.3 is 0 Å². The van der Waals surface area contributed by atoms with Crippen molar-refractivity contribution >= 4 is 29.9 Å². The molecule has 3 rings (SSSR count). The van der Waals surface area contributed by atoms with Crippen molar-refractivity contribution in [1.29, 1.82) is 0 Å². The summed E-state index contributed by atoms with van der Waals surface area (Å²) in [6, 6.07) is 2.15. The maximum atomic E-state index is 4.44. The first-order chi connectivity index (χ1) is 11.7. The Labute approximate surface area is 171 Å². The predicted octanol–water partition coefficient (Wildman–Crippen LogP) is 2.52. The fourth-order valence-corrected chi connectivity index (χ4v) is 4.45. The van der Waals surface area contributed by atoms with Gasteiger partial charge in [0.2, 0.25) is 0 Å². The molecular formula is C19H38IN5. The van der Waals surface area contributed by atoms with Gasteiger partial charge in [-0.1, -0.05) is 6.92 Å². The minimum Gasteiger partial charge on any atom is -0.356 e. The average molecular weight is 463 g/mol. The Morgan fingerprint density at radius 1 is 1.16 bits per heavy atom. The Hall–Kier alpha value is -0.0800. The summed E-state index contributed by atoms with van der Waals surface area (Å²) in [6.45, 7) is 10.6. The number of likely N-dealkylation sites (tertiary alicyclic amines) is 2. The van der Waals surface area contributed by atoms with E-state index in [9.17, 15) is 0 Å². The highest BCUT2D eigenvalue weighted by molar-refractivity contribution is 14.0. The van der Waals surface area contributed by atoms with Gasteiger partial charge in [0.15, 0.2) is 5.96 Å². The normalized spacial score (nSPS) is 29.5. The molecule has 1 aliphatic carbocycles. The number of nitrogens with zero attached hydrogens (tertiary/aromatic N) is 3. The zero-order valence-electron chi connectivity index (χ0n) is 16.3. The summed E-state index contributed by atoms with van der Waals surface area (Å²) in [5, 5.41) is 7.20. The van der Waals surface area contributed by atoms with Crippen molar-refractivity contribution in [3.63, 3.8) is 0 Å². The second kappa shape index (κ2) is 10.3. The van der Waals surface area contributed by atoms with Crippen molar-refractivity contribution in [2.75, 3.05) is 39.8 Å². The van der Waals surface area contributed by atoms with Gasteiger partial charge in [-0.15, -0.1) is 24.0 Å². The van der Waals surface area contributed by atoms with E-state index in [0.717, 1.165) is 30.5 Å². The van der Waals surface area contributed by atoms with Gasteiger partial charge in [-0.2, -0.15) is 0 Å². The van der Waals surface area contributed by atoms with E-state index in [1.165, 1.54) is 64.7 Å². The molecule has 2 unspecified atom stereocenters. The number of halogens is 1. The van der Waals surface area contributed by atoms with Crippen LogP contribution in [0.25, 0.3) is 0 Å². The van der Waals surface area contributed by atoms with Crippen LogP contribution in [0.4, 0.5) is 0 Å². The van der Waals surface area contributed by atoms with E-state index in [1.54, 1.807) is 0 Å². The number of rotatable bonds is 6. The lowest BCUT2D eigenvalue weighted by Crippen LogP contribution is -2.45. The van der Waals surface area contributed by atoms with E-state index in [2.05, 4.69) is 39.3 Å². The molecule has 0 aromatic rings. The zero-order chi connectivity index (χ0) is 16.9. The molecule has 2 aliphatic heterocycles. The van der Waals surface area contributed by atoms with Gasteiger partial charge in [-0.05, 0) is 71.0 Å². The van der Waals surface area contributed by atoms with Crippen LogP contribution in [-0.2, 0) is 0 Å². The van der Waals surface area contributed by atoms with E-state index in [0.29, 0.717) is 6.04 Å². The molecule has 0 spiro atoms. The van der Waals surface area contributed by atoms with E-state index >= 15 is 0 Å². The lowest BCUT2D eigenvalue weighted by Gasteiger charge is -2.31. The van der Waals surface area contributed by atoms with Gasteiger partial charge < -0.3 is 15.5 Å². The molecule has 0 aromatic carbocycles. The third-order valence-electron chi connectivity index (χ3n) is 6.20. The first-order valence-corrected chi connectivity index (χ1v) is 10.1. The van der Waals surface area contributed by atoms with Gasteiger partial charge in [0, 0.05) is 38.3 Å². The van der Waals surface area contributed by atoms with E-state index in [-0.39, 0.29) is 24.0 Å². The molecule has 0 radical (unpaired) electrons. The highest BCUT2D eigenvalue weighted by Crippen LogP contribution is 2.33. The van der Waals surface area contributed by atoms with Crippen molar-refractivity contribution in [2.45, 2.75) is 70.5 Å². The molecule has 2 N–H and O–H groups in total. The van der Waals surface area contributed by atoms with Crippen LogP contribution < -0.4 is 10.6 Å². The van der Waals surface area contributed by atoms with E-state index in [4.69, 9.17) is 0 Å². The molecule has 0 aromatic heterocycles. The molecule has 25 heavy (non-hydrogen) atoms. The molecule has 0 amide bonds. The summed E-state index contributed by atoms with van der Waals surface area (Å²) < 4.78 is 0. The summed E-state index contributed by atoms with van der Waals surface area (Å²) in [7, 11) is 1.89. The van der Waals surface area contributed by atoms with E-state index in [1.807, 2.05) is 7.05 Å². The molecular weight excluding hydrogens is 425 g/mol. The highest BCUT2D eigenvalue weighted by Gasteiger charge is 2.38. The fourth-order valence-electron chi connectivity index (χ4n) is 4.45. The number of hydrogen-bond donors (Lipinski definition) is 2. The molecule has 3 fully saturated rings. The largest absolute Gasteiger partial charge is 0.356 e. The third kappa shape index (κ3) is 6.24. The molecule has 5 nitrogen and oxygen atoms in total. The smallest absolute Gasteiger partial charge is 0.191 e. The molecule has 146 valence electrons. The molecule has 2 saturated heterocycles. The van der Waals surface area contributed by atoms with Crippen LogP contribution in [0.1, 0.15) is 52.4 Å². The molecule has 3 aliphatic rings. The second-order valence-electron chi connectivity index (χ2n) is 8.02. The van der Waals surface area contributed by atoms with Gasteiger partial charge in [0.05, 0.1) is 0 Å². The lowest BCUT2D eigenvalue weighted by atomic mass is 9.93. The summed E-state index contributed by atoms with van der Waals surface area (Å²) in [6.07, 6.45) is 8.04. The summed E-state index contributed by atoms with van der Waals surface area (Å²) in [5.41, 5.74) is 0. The Morgan fingerprint density at radius 2 is 1.88 bits per heavy atom. The quantitative estimate of drug-likeness (QED) is 0.361. The lowest BCUT2D eigenvalue weighted by molar-refractivity contribution is 0.187. The Morgan fingerprint density at radius 3 is 2.48 bits per heavy atom. The first-order valence-electron chi connectivity index (χ1n) is 10.1. The van der Waals surface area contributed by atoms with Gasteiger partial charge in [0.25, 0.3) is 0 Å². The highest BCUT2D eigenvalue weighted by atomic mass is 127. The van der Waals surface area contributed by atoms with Gasteiger partial charge in [0.1, 0.15) is 0 Å². The number of nitrogens with one attached hydrogen (secondary N) is 2. The average Bonchev–Trinajstić information content (AvgIpc) is 3.38. The maximum Gasteiger partial charge on any atom is 0.191 e. The third-order valence-corrected chi connectivity index (χ3v) is 6.20. The van der Waals surface area contributed by atoms with Crippen LogP contribution in [0.3, 0.4) is 0 Å². The Bertz CT molecular complexity index is 418. The van der Waals surface area contributed by atoms with Crippen LogP contribution in [-0.4, -0.2) is 73.7 Å². The topological polar surface area (TPSA) is 42.9 Å².